The van der Waals surface area contributed by atoms with E-state index >= 15 is 0 Å². The van der Waals surface area contributed by atoms with Crippen LogP contribution in [0.4, 0.5) is 10.2 Å². The Morgan fingerprint density at radius 2 is 2.15 bits per heavy atom. The second-order valence-corrected chi connectivity index (χ2v) is 7.11. The first kappa shape index (κ1) is 17.8. The van der Waals surface area contributed by atoms with Gasteiger partial charge in [-0.1, -0.05) is 0 Å². The SMILES string of the molecule is COc1ccc2c(c1)C=C(CN1CCN(c3ccc(F)cn3)C(C)C1)CO2. The molecule has 6 heteroatoms. The van der Waals surface area contributed by atoms with Crippen LogP contribution in [0.2, 0.25) is 0 Å². The second-order valence-electron chi connectivity index (χ2n) is 7.11. The number of piperazine rings is 1. The minimum atomic E-state index is -0.300. The zero-order valence-corrected chi connectivity index (χ0v) is 15.7. The Labute approximate surface area is 159 Å². The van der Waals surface area contributed by atoms with Crippen LogP contribution < -0.4 is 14.4 Å². The van der Waals surface area contributed by atoms with Gasteiger partial charge in [0.15, 0.2) is 0 Å². The fraction of sp³-hybridized carbons (Fsp3) is 0.381. The molecular formula is C21H24FN3O2. The number of hydrogen-bond acceptors (Lipinski definition) is 5. The van der Waals surface area contributed by atoms with E-state index < -0.39 is 0 Å². The molecule has 4 rings (SSSR count). The molecule has 1 aromatic heterocycles. The number of anilines is 1. The monoisotopic (exact) mass is 369 g/mol. The van der Waals surface area contributed by atoms with Gasteiger partial charge in [-0.25, -0.2) is 9.37 Å². The Hall–Kier alpha value is -2.60. The Kier molecular flexibility index (Phi) is 4.99. The number of benzene rings is 1. The molecule has 1 unspecified atom stereocenters. The molecule has 1 atom stereocenters. The van der Waals surface area contributed by atoms with E-state index in [9.17, 15) is 4.39 Å². The Morgan fingerprint density at radius 1 is 1.26 bits per heavy atom. The number of pyridine rings is 1. The summed E-state index contributed by atoms with van der Waals surface area (Å²) in [5.74, 6) is 2.28. The highest BCUT2D eigenvalue weighted by Crippen LogP contribution is 2.30. The minimum Gasteiger partial charge on any atom is -0.497 e. The maximum Gasteiger partial charge on any atom is 0.141 e. The number of halogens is 1. The van der Waals surface area contributed by atoms with E-state index in [0.717, 1.165) is 49.1 Å². The van der Waals surface area contributed by atoms with Crippen LogP contribution in [0.15, 0.2) is 42.1 Å². The van der Waals surface area contributed by atoms with E-state index in [4.69, 9.17) is 9.47 Å². The van der Waals surface area contributed by atoms with Crippen molar-refractivity contribution in [2.45, 2.75) is 13.0 Å². The molecule has 0 saturated carbocycles. The Morgan fingerprint density at radius 3 is 2.89 bits per heavy atom. The maximum absolute atomic E-state index is 13.1. The van der Waals surface area contributed by atoms with Crippen molar-refractivity contribution in [1.82, 2.24) is 9.88 Å². The van der Waals surface area contributed by atoms with Crippen LogP contribution in [0, 0.1) is 5.82 Å². The molecule has 1 saturated heterocycles. The molecule has 1 fully saturated rings. The van der Waals surface area contributed by atoms with Gasteiger partial charge < -0.3 is 14.4 Å². The molecule has 0 spiro atoms. The van der Waals surface area contributed by atoms with Crippen LogP contribution in [0.1, 0.15) is 12.5 Å². The first-order valence-corrected chi connectivity index (χ1v) is 9.23. The summed E-state index contributed by atoms with van der Waals surface area (Å²) in [4.78, 5) is 8.90. The normalized spacial score (nSPS) is 19.9. The van der Waals surface area contributed by atoms with Gasteiger partial charge >= 0.3 is 0 Å². The lowest BCUT2D eigenvalue weighted by molar-refractivity contribution is 0.234. The highest BCUT2D eigenvalue weighted by molar-refractivity contribution is 5.64. The van der Waals surface area contributed by atoms with Crippen LogP contribution in [0.25, 0.3) is 6.08 Å². The highest BCUT2D eigenvalue weighted by Gasteiger charge is 2.25. The van der Waals surface area contributed by atoms with Crippen molar-refractivity contribution in [2.75, 3.05) is 44.8 Å². The third-order valence-corrected chi connectivity index (χ3v) is 5.13. The quantitative estimate of drug-likeness (QED) is 0.827. The molecule has 1 aromatic carbocycles. The lowest BCUT2D eigenvalue weighted by atomic mass is 10.1. The maximum atomic E-state index is 13.1. The van der Waals surface area contributed by atoms with Crippen LogP contribution >= 0.6 is 0 Å². The van der Waals surface area contributed by atoms with Gasteiger partial charge in [0, 0.05) is 37.8 Å². The first-order valence-electron chi connectivity index (χ1n) is 9.23. The lowest BCUT2D eigenvalue weighted by Crippen LogP contribution is -2.52. The molecule has 142 valence electrons. The van der Waals surface area contributed by atoms with E-state index in [2.05, 4.69) is 27.8 Å². The van der Waals surface area contributed by atoms with Crippen molar-refractivity contribution < 1.29 is 13.9 Å². The second kappa shape index (κ2) is 7.56. The van der Waals surface area contributed by atoms with Gasteiger partial charge in [0.05, 0.1) is 13.3 Å². The lowest BCUT2D eigenvalue weighted by Gasteiger charge is -2.41. The third kappa shape index (κ3) is 3.90. The largest absolute Gasteiger partial charge is 0.497 e. The summed E-state index contributed by atoms with van der Waals surface area (Å²) in [6.45, 7) is 6.42. The Balaban J connectivity index is 1.41. The van der Waals surface area contributed by atoms with Crippen LogP contribution in [-0.4, -0.2) is 55.8 Å². The van der Waals surface area contributed by atoms with Gasteiger partial charge in [0.1, 0.15) is 29.7 Å². The van der Waals surface area contributed by atoms with Crippen molar-refractivity contribution in [3.05, 3.63) is 53.5 Å². The van der Waals surface area contributed by atoms with Gasteiger partial charge in [-0.3, -0.25) is 4.90 Å². The predicted molar refractivity (Wildman–Crippen MR) is 104 cm³/mol. The van der Waals surface area contributed by atoms with E-state index in [1.165, 1.54) is 17.8 Å². The summed E-state index contributed by atoms with van der Waals surface area (Å²) in [6, 6.07) is 9.42. The van der Waals surface area contributed by atoms with Gasteiger partial charge in [0.2, 0.25) is 0 Å². The topological polar surface area (TPSA) is 37.8 Å². The molecule has 0 N–H and O–H groups in total. The van der Waals surface area contributed by atoms with Gasteiger partial charge in [-0.2, -0.15) is 0 Å². The van der Waals surface area contributed by atoms with Crippen LogP contribution in [-0.2, 0) is 0 Å². The van der Waals surface area contributed by atoms with Crippen molar-refractivity contribution in [3.63, 3.8) is 0 Å². The molecule has 2 aromatic rings. The summed E-state index contributed by atoms with van der Waals surface area (Å²) in [5, 5.41) is 0. The fourth-order valence-corrected chi connectivity index (χ4v) is 3.76. The van der Waals surface area contributed by atoms with E-state index in [0.29, 0.717) is 12.6 Å². The average molecular weight is 369 g/mol. The molecule has 5 nitrogen and oxygen atoms in total. The number of hydrogen-bond donors (Lipinski definition) is 0. The van der Waals surface area contributed by atoms with Crippen LogP contribution in [0.5, 0.6) is 11.5 Å². The zero-order chi connectivity index (χ0) is 18.8. The Bertz CT molecular complexity index is 838. The van der Waals surface area contributed by atoms with Gasteiger partial charge in [0.25, 0.3) is 0 Å². The average Bonchev–Trinajstić information content (AvgIpc) is 2.68. The fourth-order valence-electron chi connectivity index (χ4n) is 3.76. The summed E-state index contributed by atoms with van der Waals surface area (Å²) < 4.78 is 24.3. The molecule has 0 aliphatic carbocycles. The molecular weight excluding hydrogens is 345 g/mol. The van der Waals surface area contributed by atoms with Gasteiger partial charge in [-0.15, -0.1) is 0 Å². The minimum absolute atomic E-state index is 0.300. The van der Waals surface area contributed by atoms with Crippen molar-refractivity contribution in [2.24, 2.45) is 0 Å². The summed E-state index contributed by atoms with van der Waals surface area (Å²) in [6.07, 6.45) is 3.49. The summed E-state index contributed by atoms with van der Waals surface area (Å²) >= 11 is 0. The number of fused-ring (bicyclic) bond motifs is 1. The van der Waals surface area contributed by atoms with E-state index in [1.54, 1.807) is 13.2 Å². The van der Waals surface area contributed by atoms with E-state index in [1.807, 2.05) is 18.2 Å². The summed E-state index contributed by atoms with van der Waals surface area (Å²) in [7, 11) is 1.67. The molecule has 0 amide bonds. The number of methoxy groups -OCH3 is 1. The smallest absolute Gasteiger partial charge is 0.141 e. The highest BCUT2D eigenvalue weighted by atomic mass is 19.1. The molecule has 0 radical (unpaired) electrons. The van der Waals surface area contributed by atoms with Crippen molar-refractivity contribution in [1.29, 1.82) is 0 Å². The predicted octanol–water partition coefficient (Wildman–Crippen LogP) is 3.22. The first-order chi connectivity index (χ1) is 13.1. The van der Waals surface area contributed by atoms with Crippen molar-refractivity contribution >= 4 is 11.9 Å². The van der Waals surface area contributed by atoms with Crippen LogP contribution in [0.3, 0.4) is 0 Å². The number of aromatic nitrogens is 1. The number of ether oxygens (including phenoxy) is 2. The molecule has 27 heavy (non-hydrogen) atoms. The summed E-state index contributed by atoms with van der Waals surface area (Å²) in [5.41, 5.74) is 2.33. The van der Waals surface area contributed by atoms with Crippen molar-refractivity contribution in [3.8, 4) is 11.5 Å². The molecule has 0 bridgehead atoms. The van der Waals surface area contributed by atoms with E-state index in [-0.39, 0.29) is 5.82 Å². The number of rotatable bonds is 4. The molecule has 3 heterocycles. The standard InChI is InChI=1S/C21H24FN3O2/c1-15-12-24(7-8-25(15)21-6-3-18(22)11-23-21)13-16-9-17-10-19(26-2)4-5-20(17)27-14-16/h3-6,9-11,15H,7-8,12-14H2,1-2H3. The zero-order valence-electron chi connectivity index (χ0n) is 15.7. The third-order valence-electron chi connectivity index (χ3n) is 5.13. The molecule has 2 aliphatic heterocycles. The van der Waals surface area contributed by atoms with Gasteiger partial charge in [-0.05, 0) is 48.9 Å². The number of nitrogens with zero attached hydrogens (tertiary/aromatic N) is 3. The molecule has 2 aliphatic rings.